The number of rotatable bonds is 3. The van der Waals surface area contributed by atoms with Gasteiger partial charge in [0.1, 0.15) is 0 Å². The van der Waals surface area contributed by atoms with E-state index < -0.39 is 0 Å². The van der Waals surface area contributed by atoms with Crippen LogP contribution in [0, 0.1) is 10.5 Å². The molecule has 0 fully saturated rings. The molecule has 5 heteroatoms. The molecule has 1 N–H and O–H groups in total. The number of halogens is 1. The summed E-state index contributed by atoms with van der Waals surface area (Å²) in [6, 6.07) is 19.1. The number of benzene rings is 2. The zero-order valence-electron chi connectivity index (χ0n) is 12.0. The van der Waals surface area contributed by atoms with Crippen LogP contribution >= 0.6 is 22.6 Å². The van der Waals surface area contributed by atoms with E-state index in [1.807, 2.05) is 67.6 Å². The molecule has 0 aliphatic heterocycles. The Morgan fingerprint density at radius 3 is 2.45 bits per heavy atom. The second-order valence-corrected chi connectivity index (χ2v) is 6.13. The van der Waals surface area contributed by atoms with Gasteiger partial charge in [-0.25, -0.2) is 0 Å². The van der Waals surface area contributed by atoms with E-state index in [1.54, 1.807) is 0 Å². The van der Waals surface area contributed by atoms with Gasteiger partial charge in [-0.05, 0) is 65.9 Å². The molecule has 22 heavy (non-hydrogen) atoms. The van der Waals surface area contributed by atoms with Gasteiger partial charge in [0.2, 0.25) is 0 Å². The molecule has 110 valence electrons. The first-order valence-electron chi connectivity index (χ1n) is 6.82. The van der Waals surface area contributed by atoms with Crippen molar-refractivity contribution in [1.82, 2.24) is 9.78 Å². The fraction of sp³-hybridized carbons (Fsp3) is 0.0588. The second kappa shape index (κ2) is 6.31. The molecule has 0 atom stereocenters. The first kappa shape index (κ1) is 14.8. The molecular weight excluding hydrogens is 389 g/mol. The zero-order valence-corrected chi connectivity index (χ0v) is 14.1. The number of para-hydroxylation sites is 1. The highest BCUT2D eigenvalue weighted by Gasteiger charge is 2.13. The Morgan fingerprint density at radius 1 is 1.09 bits per heavy atom. The van der Waals surface area contributed by atoms with Crippen LogP contribution in [-0.4, -0.2) is 15.7 Å². The lowest BCUT2D eigenvalue weighted by molar-refractivity contribution is 0.0943. The van der Waals surface area contributed by atoms with E-state index >= 15 is 0 Å². The van der Waals surface area contributed by atoms with Crippen LogP contribution in [0.5, 0.6) is 0 Å². The molecule has 0 bridgehead atoms. The Morgan fingerprint density at radius 2 is 1.77 bits per heavy atom. The minimum Gasteiger partial charge on any atom is -0.339 e. The maximum Gasteiger partial charge on any atom is 0.278 e. The third kappa shape index (κ3) is 3.19. The molecule has 2 aromatic carbocycles. The van der Waals surface area contributed by atoms with Crippen LogP contribution in [0.15, 0.2) is 60.7 Å². The fourth-order valence-corrected chi connectivity index (χ4v) is 2.48. The molecule has 0 aliphatic carbocycles. The average Bonchev–Trinajstić information content (AvgIpc) is 2.89. The minimum atomic E-state index is -0.130. The van der Waals surface area contributed by atoms with E-state index in [-0.39, 0.29) is 5.91 Å². The van der Waals surface area contributed by atoms with Crippen LogP contribution in [-0.2, 0) is 0 Å². The first-order valence-corrected chi connectivity index (χ1v) is 7.90. The summed E-state index contributed by atoms with van der Waals surface area (Å²) < 4.78 is 2.52. The Bertz CT molecular complexity index is 795. The number of nitrogens with zero attached hydrogens (tertiary/aromatic N) is 2. The summed E-state index contributed by atoms with van der Waals surface area (Å²) in [5.74, 6) is 0.526. The van der Waals surface area contributed by atoms with Gasteiger partial charge in [-0.3, -0.25) is 4.79 Å². The Hall–Kier alpha value is -2.15. The van der Waals surface area contributed by atoms with Crippen molar-refractivity contribution in [1.29, 1.82) is 0 Å². The molecule has 1 heterocycles. The quantitative estimate of drug-likeness (QED) is 0.666. The summed E-state index contributed by atoms with van der Waals surface area (Å²) in [6.45, 7) is 1.87. The molecule has 0 saturated carbocycles. The summed E-state index contributed by atoms with van der Waals surface area (Å²) in [5.41, 5.74) is 2.36. The Kier molecular flexibility index (Phi) is 4.24. The Labute approximate surface area is 142 Å². The lowest BCUT2D eigenvalue weighted by atomic mass is 10.2. The third-order valence-electron chi connectivity index (χ3n) is 3.22. The molecule has 1 aromatic heterocycles. The first-order chi connectivity index (χ1) is 10.6. The van der Waals surface area contributed by atoms with Gasteiger partial charge in [0.05, 0.1) is 0 Å². The van der Waals surface area contributed by atoms with Gasteiger partial charge in [-0.15, -0.1) is 5.10 Å². The maximum absolute atomic E-state index is 12.5. The predicted molar refractivity (Wildman–Crippen MR) is 95.6 cm³/mol. The number of anilines is 2. The van der Waals surface area contributed by atoms with Crippen LogP contribution in [0.2, 0.25) is 0 Å². The van der Waals surface area contributed by atoms with E-state index in [4.69, 9.17) is 0 Å². The molecule has 0 radical (unpaired) electrons. The topological polar surface area (TPSA) is 46.9 Å². The molecule has 4 nitrogen and oxygen atoms in total. The van der Waals surface area contributed by atoms with Gasteiger partial charge >= 0.3 is 0 Å². The molecule has 0 saturated heterocycles. The van der Waals surface area contributed by atoms with Crippen molar-refractivity contribution in [3.05, 3.63) is 75.5 Å². The molecule has 3 rings (SSSR count). The van der Waals surface area contributed by atoms with Gasteiger partial charge < -0.3 is 5.32 Å². The van der Waals surface area contributed by atoms with Crippen LogP contribution in [0.4, 0.5) is 11.5 Å². The predicted octanol–water partition coefficient (Wildman–Crippen LogP) is 4.23. The smallest absolute Gasteiger partial charge is 0.278 e. The standard InChI is InChI=1S/C17H14IN3O/c1-12-11-16(19-15-5-3-2-4-6-15)20-21(12)17(22)13-7-9-14(18)10-8-13/h2-11H,1H3,(H,19,20). The molecule has 0 aliphatic rings. The highest BCUT2D eigenvalue weighted by atomic mass is 127. The van der Waals surface area contributed by atoms with Gasteiger partial charge in [0, 0.05) is 26.6 Å². The highest BCUT2D eigenvalue weighted by molar-refractivity contribution is 14.1. The molecule has 0 spiro atoms. The summed E-state index contributed by atoms with van der Waals surface area (Å²) in [7, 11) is 0. The number of aromatic nitrogens is 2. The SMILES string of the molecule is Cc1cc(Nc2ccccc2)nn1C(=O)c1ccc(I)cc1. The van der Waals surface area contributed by atoms with Crippen molar-refractivity contribution in [3.8, 4) is 0 Å². The second-order valence-electron chi connectivity index (χ2n) is 4.89. The number of carbonyl (C=O) groups excluding carboxylic acids is 1. The van der Waals surface area contributed by atoms with Crippen molar-refractivity contribution >= 4 is 40.0 Å². The van der Waals surface area contributed by atoms with Crippen molar-refractivity contribution in [3.63, 3.8) is 0 Å². The van der Waals surface area contributed by atoms with E-state index in [0.29, 0.717) is 11.4 Å². The van der Waals surface area contributed by atoms with Crippen LogP contribution < -0.4 is 5.32 Å². The summed E-state index contributed by atoms with van der Waals surface area (Å²) in [6.07, 6.45) is 0. The fourth-order valence-electron chi connectivity index (χ4n) is 2.13. The van der Waals surface area contributed by atoms with Gasteiger partial charge in [0.15, 0.2) is 5.82 Å². The summed E-state index contributed by atoms with van der Waals surface area (Å²) >= 11 is 2.21. The van der Waals surface area contributed by atoms with Crippen LogP contribution in [0.25, 0.3) is 0 Å². The lowest BCUT2D eigenvalue weighted by Crippen LogP contribution is -2.15. The third-order valence-corrected chi connectivity index (χ3v) is 3.94. The lowest BCUT2D eigenvalue weighted by Gasteiger charge is -2.04. The van der Waals surface area contributed by atoms with Crippen LogP contribution in [0.3, 0.4) is 0 Å². The monoisotopic (exact) mass is 403 g/mol. The van der Waals surface area contributed by atoms with E-state index in [1.165, 1.54) is 4.68 Å². The Balaban J connectivity index is 1.86. The number of carbonyl (C=O) groups is 1. The van der Waals surface area contributed by atoms with Gasteiger partial charge in [0.25, 0.3) is 5.91 Å². The largest absolute Gasteiger partial charge is 0.339 e. The van der Waals surface area contributed by atoms with E-state index in [9.17, 15) is 4.79 Å². The van der Waals surface area contributed by atoms with Gasteiger partial charge in [-0.2, -0.15) is 4.68 Å². The molecule has 0 amide bonds. The average molecular weight is 403 g/mol. The summed E-state index contributed by atoms with van der Waals surface area (Å²) in [4.78, 5) is 12.5. The van der Waals surface area contributed by atoms with E-state index in [2.05, 4.69) is 33.0 Å². The van der Waals surface area contributed by atoms with Crippen molar-refractivity contribution < 1.29 is 4.79 Å². The number of aryl methyl sites for hydroxylation is 1. The number of hydrogen-bond acceptors (Lipinski definition) is 3. The highest BCUT2D eigenvalue weighted by Crippen LogP contribution is 2.17. The maximum atomic E-state index is 12.5. The zero-order chi connectivity index (χ0) is 15.5. The van der Waals surface area contributed by atoms with E-state index in [0.717, 1.165) is 15.0 Å². The normalized spacial score (nSPS) is 10.5. The van der Waals surface area contributed by atoms with Crippen LogP contribution in [0.1, 0.15) is 16.1 Å². The van der Waals surface area contributed by atoms with Crippen molar-refractivity contribution in [2.24, 2.45) is 0 Å². The molecule has 0 unspecified atom stereocenters. The van der Waals surface area contributed by atoms with Crippen molar-refractivity contribution in [2.75, 3.05) is 5.32 Å². The molecular formula is C17H14IN3O. The number of nitrogens with one attached hydrogen (secondary N) is 1. The summed E-state index contributed by atoms with van der Waals surface area (Å²) in [5, 5.41) is 7.55. The molecule has 3 aromatic rings. The van der Waals surface area contributed by atoms with Crippen molar-refractivity contribution in [2.45, 2.75) is 6.92 Å². The van der Waals surface area contributed by atoms with Gasteiger partial charge in [-0.1, -0.05) is 18.2 Å². The minimum absolute atomic E-state index is 0.130. The number of hydrogen-bond donors (Lipinski definition) is 1.